The molecule has 2 aromatic rings. The van der Waals surface area contributed by atoms with Gasteiger partial charge in [-0.15, -0.1) is 11.8 Å². The van der Waals surface area contributed by atoms with Gasteiger partial charge in [0.05, 0.1) is 11.9 Å². The first kappa shape index (κ1) is 17.7. The van der Waals surface area contributed by atoms with Crippen molar-refractivity contribution >= 4 is 17.7 Å². The summed E-state index contributed by atoms with van der Waals surface area (Å²) in [6, 6.07) is 14.1. The van der Waals surface area contributed by atoms with Gasteiger partial charge in [-0.2, -0.15) is 0 Å². The summed E-state index contributed by atoms with van der Waals surface area (Å²) in [7, 11) is 1.88. The van der Waals surface area contributed by atoms with E-state index < -0.39 is 0 Å². The Hall–Kier alpha value is -1.72. The number of furan rings is 1. The second-order valence-corrected chi connectivity index (χ2v) is 8.60. The molecule has 138 valence electrons. The number of carbonyl (C=O) groups is 1. The lowest BCUT2D eigenvalue weighted by molar-refractivity contribution is 0.0689. The van der Waals surface area contributed by atoms with Gasteiger partial charge in [0.25, 0.3) is 5.91 Å². The standard InChI is InChI=1S/C21H25NO3S/c1-22(16-9-14-11-17(23)12-15(14)10-16)21(24)20-8-7-18(25-20)13-26-19-5-3-2-4-6-19/h2-8,14-17,23H,9-13H2,1H3/t14-,15+,16?,17?. The van der Waals surface area contributed by atoms with E-state index in [2.05, 4.69) is 12.1 Å². The zero-order valence-electron chi connectivity index (χ0n) is 15.0. The largest absolute Gasteiger partial charge is 0.455 e. The molecule has 1 aromatic carbocycles. The third-order valence-corrected chi connectivity index (χ3v) is 6.87. The van der Waals surface area contributed by atoms with Gasteiger partial charge in [-0.1, -0.05) is 18.2 Å². The SMILES string of the molecule is CN(C(=O)c1ccc(CSc2ccccc2)o1)C1C[C@H]2CC(O)C[C@H]2C1. The number of carbonyl (C=O) groups excluding carboxylic acids is 1. The number of thioether (sulfide) groups is 1. The molecule has 2 fully saturated rings. The first-order chi connectivity index (χ1) is 12.6. The molecule has 0 aliphatic heterocycles. The van der Waals surface area contributed by atoms with Crippen molar-refractivity contribution in [3.63, 3.8) is 0 Å². The summed E-state index contributed by atoms with van der Waals surface area (Å²) >= 11 is 1.70. The highest BCUT2D eigenvalue weighted by atomic mass is 32.2. The fourth-order valence-electron chi connectivity index (χ4n) is 4.45. The molecule has 4 rings (SSSR count). The number of hydrogen-bond donors (Lipinski definition) is 1. The predicted molar refractivity (Wildman–Crippen MR) is 102 cm³/mol. The molecule has 0 spiro atoms. The average Bonchev–Trinajstić information content (AvgIpc) is 3.34. The summed E-state index contributed by atoms with van der Waals surface area (Å²) in [6.45, 7) is 0. The molecule has 2 aliphatic rings. The molecular formula is C21H25NO3S. The van der Waals surface area contributed by atoms with Crippen LogP contribution >= 0.6 is 11.8 Å². The Morgan fingerprint density at radius 2 is 1.81 bits per heavy atom. The highest BCUT2D eigenvalue weighted by molar-refractivity contribution is 7.98. The van der Waals surface area contributed by atoms with Gasteiger partial charge < -0.3 is 14.4 Å². The highest BCUT2D eigenvalue weighted by Gasteiger charge is 2.43. The number of nitrogens with zero attached hydrogens (tertiary/aromatic N) is 1. The molecule has 5 heteroatoms. The van der Waals surface area contributed by atoms with Crippen LogP contribution < -0.4 is 0 Å². The Labute approximate surface area is 158 Å². The molecule has 1 aromatic heterocycles. The first-order valence-corrected chi connectivity index (χ1v) is 10.3. The second-order valence-electron chi connectivity index (χ2n) is 7.55. The van der Waals surface area contributed by atoms with Crippen molar-refractivity contribution in [3.05, 3.63) is 54.0 Å². The predicted octanol–water partition coefficient (Wildman–Crippen LogP) is 4.19. The molecule has 2 aliphatic carbocycles. The number of rotatable bonds is 5. The van der Waals surface area contributed by atoms with E-state index in [1.165, 1.54) is 4.90 Å². The second kappa shape index (κ2) is 7.49. The van der Waals surface area contributed by atoms with Crippen molar-refractivity contribution < 1.29 is 14.3 Å². The van der Waals surface area contributed by atoms with E-state index in [0.717, 1.165) is 31.4 Å². The number of benzene rings is 1. The van der Waals surface area contributed by atoms with Crippen LogP contribution in [0.1, 0.15) is 42.0 Å². The number of aliphatic hydroxyl groups excluding tert-OH is 1. The summed E-state index contributed by atoms with van der Waals surface area (Å²) in [4.78, 5) is 15.8. The number of amides is 1. The first-order valence-electron chi connectivity index (χ1n) is 9.32. The van der Waals surface area contributed by atoms with Crippen molar-refractivity contribution in [2.24, 2.45) is 11.8 Å². The van der Waals surface area contributed by atoms with Gasteiger partial charge >= 0.3 is 0 Å². The third-order valence-electron chi connectivity index (χ3n) is 5.83. The lowest BCUT2D eigenvalue weighted by Crippen LogP contribution is -2.35. The number of fused-ring (bicyclic) bond motifs is 1. The molecule has 2 unspecified atom stereocenters. The van der Waals surface area contributed by atoms with Crippen LogP contribution in [0.15, 0.2) is 51.8 Å². The minimum atomic E-state index is -0.137. The maximum Gasteiger partial charge on any atom is 0.289 e. The summed E-state index contributed by atoms with van der Waals surface area (Å²) in [5.74, 6) is 3.06. The lowest BCUT2D eigenvalue weighted by Gasteiger charge is -2.24. The summed E-state index contributed by atoms with van der Waals surface area (Å²) in [5.41, 5.74) is 0. The molecule has 1 amide bonds. The third kappa shape index (κ3) is 3.69. The minimum absolute atomic E-state index is 0.0357. The van der Waals surface area contributed by atoms with E-state index in [-0.39, 0.29) is 18.1 Å². The maximum absolute atomic E-state index is 12.8. The zero-order chi connectivity index (χ0) is 18.1. The average molecular weight is 372 g/mol. The number of hydrogen-bond acceptors (Lipinski definition) is 4. The fourth-order valence-corrected chi connectivity index (χ4v) is 5.26. The quantitative estimate of drug-likeness (QED) is 0.801. The van der Waals surface area contributed by atoms with E-state index in [0.29, 0.717) is 23.3 Å². The molecule has 0 bridgehead atoms. The topological polar surface area (TPSA) is 53.7 Å². The monoisotopic (exact) mass is 371 g/mol. The van der Waals surface area contributed by atoms with Gasteiger partial charge in [-0.05, 0) is 61.8 Å². The Morgan fingerprint density at radius 3 is 2.50 bits per heavy atom. The molecule has 0 saturated heterocycles. The Morgan fingerprint density at radius 1 is 1.12 bits per heavy atom. The Kier molecular flexibility index (Phi) is 5.09. The van der Waals surface area contributed by atoms with Gasteiger partial charge in [-0.25, -0.2) is 0 Å². The van der Waals surface area contributed by atoms with Crippen LogP contribution in [0, 0.1) is 11.8 Å². The highest BCUT2D eigenvalue weighted by Crippen LogP contribution is 2.45. The Balaban J connectivity index is 1.34. The lowest BCUT2D eigenvalue weighted by atomic mass is 10.0. The molecule has 1 heterocycles. The van der Waals surface area contributed by atoms with E-state index in [1.54, 1.807) is 17.8 Å². The van der Waals surface area contributed by atoms with Crippen LogP contribution in [0.4, 0.5) is 0 Å². The molecule has 0 radical (unpaired) electrons. The van der Waals surface area contributed by atoms with E-state index in [4.69, 9.17) is 4.42 Å². The molecule has 2 saturated carbocycles. The van der Waals surface area contributed by atoms with E-state index in [1.807, 2.05) is 36.2 Å². The van der Waals surface area contributed by atoms with Crippen LogP contribution in [0.5, 0.6) is 0 Å². The molecule has 1 N–H and O–H groups in total. The molecule has 26 heavy (non-hydrogen) atoms. The van der Waals surface area contributed by atoms with Crippen molar-refractivity contribution in [2.45, 2.75) is 48.5 Å². The van der Waals surface area contributed by atoms with Crippen molar-refractivity contribution in [2.75, 3.05) is 7.05 Å². The summed E-state index contributed by atoms with van der Waals surface area (Å²) < 4.78 is 5.81. The molecule has 4 nitrogen and oxygen atoms in total. The van der Waals surface area contributed by atoms with Crippen LogP contribution in [0.2, 0.25) is 0 Å². The van der Waals surface area contributed by atoms with E-state index >= 15 is 0 Å². The van der Waals surface area contributed by atoms with Gasteiger partial charge in [-0.3, -0.25) is 4.79 Å². The van der Waals surface area contributed by atoms with Gasteiger partial charge in [0.2, 0.25) is 0 Å². The van der Waals surface area contributed by atoms with Gasteiger partial charge in [0.15, 0.2) is 5.76 Å². The van der Waals surface area contributed by atoms with E-state index in [9.17, 15) is 9.90 Å². The van der Waals surface area contributed by atoms with Crippen LogP contribution in [0.25, 0.3) is 0 Å². The van der Waals surface area contributed by atoms with Crippen molar-refractivity contribution in [3.8, 4) is 0 Å². The zero-order valence-corrected chi connectivity index (χ0v) is 15.8. The van der Waals surface area contributed by atoms with Crippen LogP contribution in [-0.4, -0.2) is 35.1 Å². The number of aliphatic hydroxyl groups is 1. The summed E-state index contributed by atoms with van der Waals surface area (Å²) in [5, 5.41) is 9.79. The van der Waals surface area contributed by atoms with Gasteiger partial charge in [0, 0.05) is 18.0 Å². The van der Waals surface area contributed by atoms with Crippen molar-refractivity contribution in [1.82, 2.24) is 4.90 Å². The normalized spacial score (nSPS) is 27.5. The maximum atomic E-state index is 12.8. The molecular weight excluding hydrogens is 346 g/mol. The van der Waals surface area contributed by atoms with Crippen LogP contribution in [0.3, 0.4) is 0 Å². The summed E-state index contributed by atoms with van der Waals surface area (Å²) in [6.07, 6.45) is 3.65. The fraction of sp³-hybridized carbons (Fsp3) is 0.476. The Bertz CT molecular complexity index is 746. The van der Waals surface area contributed by atoms with Crippen molar-refractivity contribution in [1.29, 1.82) is 0 Å². The van der Waals surface area contributed by atoms with Gasteiger partial charge in [0.1, 0.15) is 5.76 Å². The molecule has 4 atom stereocenters. The van der Waals surface area contributed by atoms with Crippen LogP contribution in [-0.2, 0) is 5.75 Å². The smallest absolute Gasteiger partial charge is 0.289 e. The minimum Gasteiger partial charge on any atom is -0.455 e.